The van der Waals surface area contributed by atoms with E-state index in [1.165, 1.54) is 13.0 Å². The first-order valence-electron chi connectivity index (χ1n) is 12.3. The monoisotopic (exact) mass is 510 g/mol. The Bertz CT molecular complexity index is 1450. The Kier molecular flexibility index (Phi) is 7.26. The van der Waals surface area contributed by atoms with Crippen molar-refractivity contribution in [2.24, 2.45) is 0 Å². The lowest BCUT2D eigenvalue weighted by atomic mass is 10.1. The first-order valence-corrected chi connectivity index (χ1v) is 12.3. The van der Waals surface area contributed by atoms with Crippen LogP contribution in [0.1, 0.15) is 17.3 Å². The number of carbonyl (C=O) groups excluding carboxylic acids is 2. The number of benzene rings is 3. The summed E-state index contributed by atoms with van der Waals surface area (Å²) in [6.45, 7) is 3.62. The first-order chi connectivity index (χ1) is 18.5. The molecule has 5 rings (SSSR count). The second-order valence-electron chi connectivity index (χ2n) is 8.96. The normalized spacial score (nSPS) is 13.2. The first kappa shape index (κ1) is 24.9. The summed E-state index contributed by atoms with van der Waals surface area (Å²) in [4.78, 5) is 37.1. The van der Waals surface area contributed by atoms with Crippen LogP contribution in [0.15, 0.2) is 85.1 Å². The maximum absolute atomic E-state index is 14.1. The van der Waals surface area contributed by atoms with Gasteiger partial charge in [0.05, 0.1) is 11.4 Å². The van der Waals surface area contributed by atoms with Crippen LogP contribution >= 0.6 is 0 Å². The highest BCUT2D eigenvalue weighted by molar-refractivity contribution is 5.95. The molecule has 0 unspecified atom stereocenters. The van der Waals surface area contributed by atoms with Crippen LogP contribution in [0, 0.1) is 5.82 Å². The fraction of sp³-hybridized carbons (Fsp3) is 0.172. The van der Waals surface area contributed by atoms with Crippen LogP contribution in [0.4, 0.5) is 27.4 Å². The number of aromatic nitrogens is 2. The molecule has 192 valence electrons. The van der Waals surface area contributed by atoms with E-state index in [2.05, 4.69) is 20.6 Å². The maximum Gasteiger partial charge on any atom is 0.254 e. The lowest BCUT2D eigenvalue weighted by Crippen LogP contribution is -2.49. The molecule has 1 aliphatic heterocycles. The molecule has 8 nitrogen and oxygen atoms in total. The topological polar surface area (TPSA) is 90.5 Å². The molecule has 38 heavy (non-hydrogen) atoms. The number of nitrogens with one attached hydrogen (secondary N) is 2. The van der Waals surface area contributed by atoms with Crippen LogP contribution in [0.3, 0.4) is 0 Å². The summed E-state index contributed by atoms with van der Waals surface area (Å²) in [6, 6.07) is 23.1. The lowest BCUT2D eigenvalue weighted by molar-refractivity contribution is -0.114. The number of anilines is 4. The van der Waals surface area contributed by atoms with Gasteiger partial charge in [-0.1, -0.05) is 30.3 Å². The molecule has 0 saturated carbocycles. The molecule has 1 aromatic heterocycles. The van der Waals surface area contributed by atoms with Crippen molar-refractivity contribution in [1.82, 2.24) is 14.9 Å². The van der Waals surface area contributed by atoms with E-state index in [9.17, 15) is 14.0 Å². The molecule has 1 saturated heterocycles. The Balaban J connectivity index is 1.24. The number of para-hydroxylation sites is 1. The molecule has 0 bridgehead atoms. The number of hydrogen-bond donors (Lipinski definition) is 2. The summed E-state index contributed by atoms with van der Waals surface area (Å²) >= 11 is 0. The molecule has 2 amide bonds. The molecule has 9 heteroatoms. The van der Waals surface area contributed by atoms with E-state index >= 15 is 0 Å². The zero-order valence-corrected chi connectivity index (χ0v) is 20.9. The third kappa shape index (κ3) is 5.78. The van der Waals surface area contributed by atoms with Crippen molar-refractivity contribution in [3.63, 3.8) is 0 Å². The van der Waals surface area contributed by atoms with E-state index in [-0.39, 0.29) is 17.6 Å². The predicted molar refractivity (Wildman–Crippen MR) is 146 cm³/mol. The second-order valence-corrected chi connectivity index (χ2v) is 8.96. The zero-order valence-electron chi connectivity index (χ0n) is 20.9. The van der Waals surface area contributed by atoms with Gasteiger partial charge in [-0.15, -0.1) is 0 Å². The summed E-state index contributed by atoms with van der Waals surface area (Å²) in [7, 11) is 0. The smallest absolute Gasteiger partial charge is 0.254 e. The Hall–Kier alpha value is -4.79. The minimum atomic E-state index is -0.251. The Labute approximate surface area is 220 Å². The number of nitrogens with zero attached hydrogens (tertiary/aromatic N) is 4. The van der Waals surface area contributed by atoms with Crippen LogP contribution in [-0.4, -0.2) is 52.9 Å². The maximum atomic E-state index is 14.1. The van der Waals surface area contributed by atoms with Crippen LogP contribution in [-0.2, 0) is 4.79 Å². The molecule has 1 fully saturated rings. The van der Waals surface area contributed by atoms with Crippen molar-refractivity contribution >= 4 is 34.8 Å². The Morgan fingerprint density at radius 2 is 1.63 bits per heavy atom. The fourth-order valence-corrected chi connectivity index (χ4v) is 4.41. The number of halogens is 1. The van der Waals surface area contributed by atoms with Gasteiger partial charge in [-0.2, -0.15) is 0 Å². The van der Waals surface area contributed by atoms with E-state index in [4.69, 9.17) is 0 Å². The number of piperazine rings is 1. The molecule has 0 atom stereocenters. The second kappa shape index (κ2) is 11.1. The van der Waals surface area contributed by atoms with Gasteiger partial charge >= 0.3 is 0 Å². The third-order valence-corrected chi connectivity index (χ3v) is 6.28. The molecular formula is C29H27FN6O2. The van der Waals surface area contributed by atoms with Gasteiger partial charge in [-0.25, -0.2) is 14.4 Å². The quantitative estimate of drug-likeness (QED) is 0.382. The highest BCUT2D eigenvalue weighted by Gasteiger charge is 2.23. The number of hydrogen-bond acceptors (Lipinski definition) is 6. The van der Waals surface area contributed by atoms with Gasteiger partial charge in [0.15, 0.2) is 0 Å². The minimum absolute atomic E-state index is 0.0734. The highest BCUT2D eigenvalue weighted by atomic mass is 19.1. The van der Waals surface area contributed by atoms with Gasteiger partial charge in [0.25, 0.3) is 5.91 Å². The average molecular weight is 511 g/mol. The van der Waals surface area contributed by atoms with E-state index in [0.29, 0.717) is 54.8 Å². The number of carbonyl (C=O) groups is 2. The van der Waals surface area contributed by atoms with Crippen LogP contribution in [0.2, 0.25) is 0 Å². The predicted octanol–water partition coefficient (Wildman–Crippen LogP) is 4.95. The Morgan fingerprint density at radius 1 is 0.868 bits per heavy atom. The van der Waals surface area contributed by atoms with Gasteiger partial charge in [0.1, 0.15) is 5.82 Å². The molecule has 2 N–H and O–H groups in total. The van der Waals surface area contributed by atoms with Crippen LogP contribution in [0.5, 0.6) is 0 Å². The van der Waals surface area contributed by atoms with E-state index in [1.54, 1.807) is 41.4 Å². The van der Waals surface area contributed by atoms with Crippen molar-refractivity contribution in [2.75, 3.05) is 41.7 Å². The molecule has 1 aliphatic rings. The summed E-state index contributed by atoms with van der Waals surface area (Å²) in [5.41, 5.74) is 4.12. The SMILES string of the molecule is CC(=O)Nc1ccc(-c2ccnc(Nc3cccc(C(=O)N4CCN(c5ccccc5F)CC4)c3)n2)cc1. The number of rotatable bonds is 6. The standard InChI is InChI=1S/C29H27FN6O2/c1-20(37)32-23-11-9-21(10-12-23)26-13-14-31-29(34-26)33-24-6-4-5-22(19-24)28(38)36-17-15-35(16-18-36)27-8-3-2-7-25(27)30/h2-14,19H,15-18H2,1H3,(H,32,37)(H,31,33,34). The molecule has 2 heterocycles. The van der Waals surface area contributed by atoms with Crippen molar-refractivity contribution in [2.45, 2.75) is 6.92 Å². The number of amides is 2. The highest BCUT2D eigenvalue weighted by Crippen LogP contribution is 2.24. The van der Waals surface area contributed by atoms with Crippen molar-refractivity contribution < 1.29 is 14.0 Å². The van der Waals surface area contributed by atoms with Crippen molar-refractivity contribution in [1.29, 1.82) is 0 Å². The third-order valence-electron chi connectivity index (χ3n) is 6.28. The van der Waals surface area contributed by atoms with Crippen LogP contribution < -0.4 is 15.5 Å². The summed E-state index contributed by atoms with van der Waals surface area (Å²) in [6.07, 6.45) is 1.66. The van der Waals surface area contributed by atoms with Crippen molar-refractivity contribution in [3.05, 3.63) is 96.4 Å². The molecule has 0 spiro atoms. The molecular weight excluding hydrogens is 483 g/mol. The van der Waals surface area contributed by atoms with E-state index < -0.39 is 0 Å². The van der Waals surface area contributed by atoms with Gasteiger partial charge in [-0.3, -0.25) is 9.59 Å². The van der Waals surface area contributed by atoms with E-state index in [1.807, 2.05) is 47.4 Å². The Morgan fingerprint density at radius 3 is 2.37 bits per heavy atom. The molecule has 4 aromatic rings. The zero-order chi connectivity index (χ0) is 26.5. The van der Waals surface area contributed by atoms with Gasteiger partial charge in [0.2, 0.25) is 11.9 Å². The largest absolute Gasteiger partial charge is 0.366 e. The lowest BCUT2D eigenvalue weighted by Gasteiger charge is -2.36. The molecule has 0 radical (unpaired) electrons. The summed E-state index contributed by atoms with van der Waals surface area (Å²) in [5.74, 6) is -0.0523. The van der Waals surface area contributed by atoms with Gasteiger partial charge < -0.3 is 20.4 Å². The summed E-state index contributed by atoms with van der Waals surface area (Å²) in [5, 5.41) is 5.93. The minimum Gasteiger partial charge on any atom is -0.366 e. The molecule has 3 aromatic carbocycles. The molecule has 0 aliphatic carbocycles. The van der Waals surface area contributed by atoms with Gasteiger partial charge in [0, 0.05) is 61.8 Å². The van der Waals surface area contributed by atoms with Crippen LogP contribution in [0.25, 0.3) is 11.3 Å². The van der Waals surface area contributed by atoms with Gasteiger partial charge in [-0.05, 0) is 48.5 Å². The van der Waals surface area contributed by atoms with E-state index in [0.717, 1.165) is 11.3 Å². The van der Waals surface area contributed by atoms with Crippen molar-refractivity contribution in [3.8, 4) is 11.3 Å². The summed E-state index contributed by atoms with van der Waals surface area (Å²) < 4.78 is 14.1. The average Bonchev–Trinajstić information content (AvgIpc) is 2.93. The fourth-order valence-electron chi connectivity index (χ4n) is 4.41.